The van der Waals surface area contributed by atoms with Crippen molar-refractivity contribution in [2.75, 3.05) is 13.2 Å². The summed E-state index contributed by atoms with van der Waals surface area (Å²) in [5.41, 5.74) is -1.70. The lowest BCUT2D eigenvalue weighted by atomic mass is 9.67. The minimum Gasteiger partial charge on any atom is -0.480 e. The molecule has 0 aromatic heterocycles. The van der Waals surface area contributed by atoms with Crippen molar-refractivity contribution in [3.63, 3.8) is 0 Å². The Morgan fingerprint density at radius 2 is 1.78 bits per heavy atom. The fourth-order valence-corrected chi connectivity index (χ4v) is 2.40. The number of carbonyl (C=O) groups excluding carboxylic acids is 1. The molecule has 0 amide bonds. The van der Waals surface area contributed by atoms with E-state index in [9.17, 15) is 14.7 Å². The highest BCUT2D eigenvalue weighted by molar-refractivity contribution is 5.82. The molecule has 0 spiro atoms. The quantitative estimate of drug-likeness (QED) is 0.710. The highest BCUT2D eigenvalue weighted by Gasteiger charge is 2.51. The molecule has 0 aromatic rings. The van der Waals surface area contributed by atoms with E-state index in [0.29, 0.717) is 0 Å². The van der Waals surface area contributed by atoms with Gasteiger partial charge < -0.3 is 9.84 Å². The second-order valence-corrected chi connectivity index (χ2v) is 5.68. The molecule has 0 saturated heterocycles. The van der Waals surface area contributed by atoms with Crippen LogP contribution in [0.15, 0.2) is 0 Å². The van der Waals surface area contributed by atoms with E-state index in [2.05, 4.69) is 5.32 Å². The van der Waals surface area contributed by atoms with Crippen LogP contribution in [-0.2, 0) is 14.3 Å². The first-order valence-electron chi connectivity index (χ1n) is 6.23. The van der Waals surface area contributed by atoms with E-state index in [4.69, 9.17) is 4.74 Å². The van der Waals surface area contributed by atoms with E-state index in [1.54, 1.807) is 6.92 Å². The van der Waals surface area contributed by atoms with Gasteiger partial charge in [0.15, 0.2) is 0 Å². The maximum absolute atomic E-state index is 11.7. The molecule has 2 N–H and O–H groups in total. The van der Waals surface area contributed by atoms with Crippen molar-refractivity contribution in [3.8, 4) is 0 Å². The highest BCUT2D eigenvalue weighted by atomic mass is 16.5. The van der Waals surface area contributed by atoms with E-state index in [1.807, 2.05) is 34.6 Å². The largest absolute Gasteiger partial charge is 0.480 e. The number of nitrogens with one attached hydrogen (secondary N) is 1. The van der Waals surface area contributed by atoms with Gasteiger partial charge >= 0.3 is 11.9 Å². The Hall–Kier alpha value is -1.10. The molecule has 0 aliphatic carbocycles. The molecule has 18 heavy (non-hydrogen) atoms. The topological polar surface area (TPSA) is 75.6 Å². The molecule has 1 atom stereocenters. The SMILES string of the molecule is CCOC(=O)CN[C@@](C(=O)O)(C(C)C)C(C)(C)C. The monoisotopic (exact) mass is 259 g/mol. The smallest absolute Gasteiger partial charge is 0.324 e. The summed E-state index contributed by atoms with van der Waals surface area (Å²) in [5, 5.41) is 12.4. The molecular formula is C13H25NO4. The third kappa shape index (κ3) is 3.45. The van der Waals surface area contributed by atoms with Crippen molar-refractivity contribution in [2.45, 2.75) is 47.1 Å². The van der Waals surface area contributed by atoms with Gasteiger partial charge in [0.1, 0.15) is 5.54 Å². The van der Waals surface area contributed by atoms with Crippen LogP contribution in [0.3, 0.4) is 0 Å². The van der Waals surface area contributed by atoms with Crippen molar-refractivity contribution in [3.05, 3.63) is 0 Å². The second-order valence-electron chi connectivity index (χ2n) is 5.68. The summed E-state index contributed by atoms with van der Waals surface area (Å²) in [4.78, 5) is 23.0. The summed E-state index contributed by atoms with van der Waals surface area (Å²) in [6.07, 6.45) is 0. The van der Waals surface area contributed by atoms with Gasteiger partial charge in [-0.2, -0.15) is 0 Å². The lowest BCUT2D eigenvalue weighted by Gasteiger charge is -2.44. The summed E-state index contributed by atoms with van der Waals surface area (Å²) in [6.45, 7) is 11.1. The average molecular weight is 259 g/mol. The van der Waals surface area contributed by atoms with Gasteiger partial charge in [-0.3, -0.25) is 14.9 Å². The highest BCUT2D eigenvalue weighted by Crippen LogP contribution is 2.36. The first-order chi connectivity index (χ1) is 8.09. The molecule has 0 bridgehead atoms. The number of hydrogen-bond acceptors (Lipinski definition) is 4. The van der Waals surface area contributed by atoms with Crippen molar-refractivity contribution >= 4 is 11.9 Å². The normalized spacial score (nSPS) is 15.3. The third-order valence-electron chi connectivity index (χ3n) is 3.20. The number of esters is 1. The van der Waals surface area contributed by atoms with Gasteiger partial charge in [-0.05, 0) is 18.3 Å². The Morgan fingerprint density at radius 3 is 2.06 bits per heavy atom. The van der Waals surface area contributed by atoms with Crippen LogP contribution in [0.25, 0.3) is 0 Å². The van der Waals surface area contributed by atoms with Crippen molar-refractivity contribution < 1.29 is 19.4 Å². The van der Waals surface area contributed by atoms with Crippen molar-refractivity contribution in [2.24, 2.45) is 11.3 Å². The molecule has 106 valence electrons. The molecule has 0 rings (SSSR count). The zero-order valence-electron chi connectivity index (χ0n) is 12.2. The van der Waals surface area contributed by atoms with Gasteiger partial charge in [0.2, 0.25) is 0 Å². The molecule has 0 unspecified atom stereocenters. The van der Waals surface area contributed by atoms with Crippen LogP contribution in [-0.4, -0.2) is 35.7 Å². The molecular weight excluding hydrogens is 234 g/mol. The summed E-state index contributed by atoms with van der Waals surface area (Å²) < 4.78 is 4.82. The van der Waals surface area contributed by atoms with Gasteiger partial charge in [0.05, 0.1) is 13.2 Å². The Labute approximate surface area is 109 Å². The first-order valence-corrected chi connectivity index (χ1v) is 6.23. The number of carbonyl (C=O) groups is 2. The van der Waals surface area contributed by atoms with Crippen LogP contribution < -0.4 is 5.32 Å². The Balaban J connectivity index is 5.11. The minimum atomic E-state index is -1.17. The summed E-state index contributed by atoms with van der Waals surface area (Å²) in [6, 6.07) is 0. The maximum atomic E-state index is 11.7. The molecule has 5 heteroatoms. The first kappa shape index (κ1) is 16.9. The summed E-state index contributed by atoms with van der Waals surface area (Å²) in [7, 11) is 0. The fourth-order valence-electron chi connectivity index (χ4n) is 2.40. The molecule has 0 fully saturated rings. The number of rotatable bonds is 6. The number of hydrogen-bond donors (Lipinski definition) is 2. The fraction of sp³-hybridized carbons (Fsp3) is 0.846. The number of carboxylic acid groups (broad SMARTS) is 1. The number of ether oxygens (including phenoxy) is 1. The van der Waals surface area contributed by atoms with E-state index in [1.165, 1.54) is 0 Å². The van der Waals surface area contributed by atoms with Gasteiger partial charge in [0.25, 0.3) is 0 Å². The van der Waals surface area contributed by atoms with Crippen LogP contribution in [0.2, 0.25) is 0 Å². The summed E-state index contributed by atoms with van der Waals surface area (Å²) >= 11 is 0. The molecule has 0 aromatic carbocycles. The predicted molar refractivity (Wildman–Crippen MR) is 69.3 cm³/mol. The van der Waals surface area contributed by atoms with Gasteiger partial charge in [-0.25, -0.2) is 0 Å². The van der Waals surface area contributed by atoms with Crippen LogP contribution in [0.1, 0.15) is 41.5 Å². The third-order valence-corrected chi connectivity index (χ3v) is 3.20. The number of carboxylic acids is 1. The van der Waals surface area contributed by atoms with Crippen molar-refractivity contribution in [1.29, 1.82) is 0 Å². The lowest BCUT2D eigenvalue weighted by molar-refractivity contribution is -0.154. The van der Waals surface area contributed by atoms with E-state index in [-0.39, 0.29) is 19.1 Å². The molecule has 0 heterocycles. The summed E-state index contributed by atoms with van der Waals surface area (Å²) in [5.74, 6) is -1.55. The van der Waals surface area contributed by atoms with Crippen LogP contribution in [0, 0.1) is 11.3 Å². The second kappa shape index (κ2) is 6.18. The zero-order chi connectivity index (χ0) is 14.6. The maximum Gasteiger partial charge on any atom is 0.324 e. The standard InChI is InChI=1S/C13H25NO4/c1-7-18-10(15)8-14-13(9(2)3,11(16)17)12(4,5)6/h9,14H,7-8H2,1-6H3,(H,16,17)/t13-/m1/s1. The van der Waals surface area contributed by atoms with Gasteiger partial charge in [-0.15, -0.1) is 0 Å². The minimum absolute atomic E-state index is 0.102. The van der Waals surface area contributed by atoms with Gasteiger partial charge in [0, 0.05) is 0 Å². The average Bonchev–Trinajstić information content (AvgIpc) is 2.15. The zero-order valence-corrected chi connectivity index (χ0v) is 12.2. The van der Waals surface area contributed by atoms with Gasteiger partial charge in [-0.1, -0.05) is 34.6 Å². The molecule has 5 nitrogen and oxygen atoms in total. The van der Waals surface area contributed by atoms with Crippen LogP contribution in [0.5, 0.6) is 0 Å². The van der Waals surface area contributed by atoms with E-state index < -0.39 is 22.9 Å². The van der Waals surface area contributed by atoms with Crippen molar-refractivity contribution in [1.82, 2.24) is 5.32 Å². The van der Waals surface area contributed by atoms with Crippen LogP contribution >= 0.6 is 0 Å². The van der Waals surface area contributed by atoms with E-state index in [0.717, 1.165) is 0 Å². The molecule has 0 saturated carbocycles. The molecule has 0 radical (unpaired) electrons. The number of aliphatic carboxylic acids is 1. The lowest BCUT2D eigenvalue weighted by Crippen LogP contribution is -2.65. The Kier molecular flexibility index (Phi) is 5.80. The predicted octanol–water partition coefficient (Wildman–Crippen LogP) is 1.66. The Morgan fingerprint density at radius 1 is 1.28 bits per heavy atom. The van der Waals surface area contributed by atoms with Crippen LogP contribution in [0.4, 0.5) is 0 Å². The van der Waals surface area contributed by atoms with E-state index >= 15 is 0 Å². The Bertz CT molecular complexity index is 307. The molecule has 0 aliphatic rings. The molecule has 0 aliphatic heterocycles.